The second kappa shape index (κ2) is 2.80. The second-order valence-electron chi connectivity index (χ2n) is 1.64. The second-order valence-corrected chi connectivity index (χ2v) is 2.58. The minimum absolute atomic E-state index is 0.100. The van der Waals surface area contributed by atoms with Crippen LogP contribution < -0.4 is 5.73 Å². The van der Waals surface area contributed by atoms with Crippen LogP contribution in [-0.2, 0) is 6.42 Å². The quantitative estimate of drug-likeness (QED) is 0.629. The fourth-order valence-electron chi connectivity index (χ4n) is 0.539. The topological polar surface area (TPSA) is 59.1 Å². The van der Waals surface area contributed by atoms with E-state index < -0.39 is 0 Å². The van der Waals surface area contributed by atoms with Crippen LogP contribution in [0.3, 0.4) is 0 Å². The Labute approximate surface area is 57.2 Å². The molecule has 0 aliphatic carbocycles. The highest BCUT2D eigenvalue weighted by Crippen LogP contribution is 2.13. The number of aromatic hydroxyl groups is 1. The van der Waals surface area contributed by atoms with Crippen LogP contribution in [0.15, 0.2) is 5.38 Å². The van der Waals surface area contributed by atoms with Crippen LogP contribution in [0.25, 0.3) is 0 Å². The third kappa shape index (κ3) is 1.65. The van der Waals surface area contributed by atoms with Crippen molar-refractivity contribution in [2.75, 3.05) is 6.54 Å². The summed E-state index contributed by atoms with van der Waals surface area (Å²) in [5.41, 5.74) is 5.25. The predicted molar refractivity (Wildman–Crippen MR) is 36.5 cm³/mol. The molecule has 50 valence electrons. The van der Waals surface area contributed by atoms with Crippen LogP contribution >= 0.6 is 11.3 Å². The summed E-state index contributed by atoms with van der Waals surface area (Å²) < 4.78 is 0. The summed E-state index contributed by atoms with van der Waals surface area (Å²) >= 11 is 1.43. The maximum absolute atomic E-state index is 8.74. The van der Waals surface area contributed by atoms with Gasteiger partial charge in [-0.1, -0.05) is 0 Å². The van der Waals surface area contributed by atoms with Gasteiger partial charge in [0.05, 0.1) is 10.4 Å². The molecule has 0 spiro atoms. The van der Waals surface area contributed by atoms with Crippen molar-refractivity contribution >= 4 is 11.3 Å². The summed E-state index contributed by atoms with van der Waals surface area (Å²) in [4.78, 5) is 3.79. The molecule has 0 aliphatic rings. The highest BCUT2D eigenvalue weighted by atomic mass is 32.1. The molecule has 3 N–H and O–H groups in total. The van der Waals surface area contributed by atoms with Crippen molar-refractivity contribution in [3.05, 3.63) is 10.4 Å². The van der Waals surface area contributed by atoms with Crippen LogP contribution in [0, 0.1) is 0 Å². The van der Waals surface area contributed by atoms with E-state index in [1.54, 1.807) is 5.38 Å². The fraction of sp³-hybridized carbons (Fsp3) is 0.400. The Hall–Kier alpha value is -0.610. The summed E-state index contributed by atoms with van der Waals surface area (Å²) in [7, 11) is 0. The van der Waals surface area contributed by atoms with Crippen LogP contribution in [0.4, 0.5) is 0 Å². The molecule has 0 fully saturated rings. The first-order valence-electron chi connectivity index (χ1n) is 2.66. The lowest BCUT2D eigenvalue weighted by atomic mass is 10.5. The standard InChI is InChI=1S/C5H8N2OS/c6-2-1-5-7-4(8)3-9-5/h3,8H,1-2,6H2. The van der Waals surface area contributed by atoms with Crippen molar-refractivity contribution in [1.29, 1.82) is 0 Å². The average Bonchev–Trinajstić information content (AvgIpc) is 2.17. The zero-order valence-corrected chi connectivity index (χ0v) is 5.69. The summed E-state index contributed by atoms with van der Waals surface area (Å²) in [5.74, 6) is 0.100. The largest absolute Gasteiger partial charge is 0.493 e. The molecule has 0 aromatic carbocycles. The van der Waals surface area contributed by atoms with Crippen LogP contribution in [0.1, 0.15) is 5.01 Å². The predicted octanol–water partition coefficient (Wildman–Crippen LogP) is 0.350. The van der Waals surface area contributed by atoms with E-state index in [9.17, 15) is 0 Å². The van der Waals surface area contributed by atoms with Crippen molar-refractivity contribution in [2.24, 2.45) is 5.73 Å². The molecule has 1 heterocycles. The Kier molecular flexibility index (Phi) is 2.02. The van der Waals surface area contributed by atoms with E-state index in [0.717, 1.165) is 11.4 Å². The molecule has 1 aromatic rings. The molecule has 4 heteroatoms. The molecule has 1 rings (SSSR count). The number of aromatic nitrogens is 1. The maximum atomic E-state index is 8.74. The van der Waals surface area contributed by atoms with Crippen molar-refractivity contribution < 1.29 is 5.11 Å². The van der Waals surface area contributed by atoms with E-state index in [1.807, 2.05) is 0 Å². The Balaban J connectivity index is 2.61. The first-order chi connectivity index (χ1) is 4.33. The lowest BCUT2D eigenvalue weighted by molar-refractivity contribution is 0.456. The van der Waals surface area contributed by atoms with E-state index in [-0.39, 0.29) is 5.88 Å². The molecular formula is C5H8N2OS. The van der Waals surface area contributed by atoms with Gasteiger partial charge in [0, 0.05) is 6.42 Å². The molecule has 3 nitrogen and oxygen atoms in total. The van der Waals surface area contributed by atoms with Gasteiger partial charge in [0.2, 0.25) is 5.88 Å². The average molecular weight is 144 g/mol. The molecular weight excluding hydrogens is 136 g/mol. The summed E-state index contributed by atoms with van der Waals surface area (Å²) in [6.07, 6.45) is 0.755. The number of hydrogen-bond donors (Lipinski definition) is 2. The molecule has 0 unspecified atom stereocenters. The van der Waals surface area contributed by atoms with Gasteiger partial charge < -0.3 is 10.8 Å². The normalized spacial score (nSPS) is 9.89. The number of thiazole rings is 1. The molecule has 9 heavy (non-hydrogen) atoms. The molecule has 0 radical (unpaired) electrons. The lowest BCUT2D eigenvalue weighted by Gasteiger charge is -1.85. The van der Waals surface area contributed by atoms with Crippen molar-refractivity contribution in [3.63, 3.8) is 0 Å². The molecule has 0 atom stereocenters. The van der Waals surface area contributed by atoms with Gasteiger partial charge in [-0.3, -0.25) is 0 Å². The summed E-state index contributed by atoms with van der Waals surface area (Å²) in [6, 6.07) is 0. The number of nitrogens with two attached hydrogens (primary N) is 1. The van der Waals surface area contributed by atoms with Gasteiger partial charge >= 0.3 is 0 Å². The van der Waals surface area contributed by atoms with Crippen LogP contribution in [0.5, 0.6) is 5.88 Å². The maximum Gasteiger partial charge on any atom is 0.222 e. The van der Waals surface area contributed by atoms with Gasteiger partial charge in [0.15, 0.2) is 0 Å². The lowest BCUT2D eigenvalue weighted by Crippen LogP contribution is -2.01. The van der Waals surface area contributed by atoms with E-state index in [0.29, 0.717) is 6.54 Å². The molecule has 0 saturated carbocycles. The monoisotopic (exact) mass is 144 g/mol. The number of nitrogens with zero attached hydrogens (tertiary/aromatic N) is 1. The fourth-order valence-corrected chi connectivity index (χ4v) is 1.22. The highest BCUT2D eigenvalue weighted by Gasteiger charge is 1.96. The minimum atomic E-state index is 0.100. The Bertz CT molecular complexity index is 187. The third-order valence-electron chi connectivity index (χ3n) is 0.898. The van der Waals surface area contributed by atoms with E-state index in [4.69, 9.17) is 10.8 Å². The summed E-state index contributed by atoms with van der Waals surface area (Å²) in [5, 5.41) is 11.2. The molecule has 0 aliphatic heterocycles. The van der Waals surface area contributed by atoms with E-state index in [1.165, 1.54) is 11.3 Å². The molecule has 0 saturated heterocycles. The van der Waals surface area contributed by atoms with Gasteiger partial charge in [-0.25, -0.2) is 4.98 Å². The minimum Gasteiger partial charge on any atom is -0.493 e. The third-order valence-corrected chi connectivity index (χ3v) is 1.79. The first kappa shape index (κ1) is 6.51. The highest BCUT2D eigenvalue weighted by molar-refractivity contribution is 7.09. The van der Waals surface area contributed by atoms with Crippen LogP contribution in [0.2, 0.25) is 0 Å². The first-order valence-corrected chi connectivity index (χ1v) is 3.54. The van der Waals surface area contributed by atoms with Gasteiger partial charge in [-0.15, -0.1) is 11.3 Å². The molecule has 0 amide bonds. The van der Waals surface area contributed by atoms with Gasteiger partial charge in [0.25, 0.3) is 0 Å². The number of hydrogen-bond acceptors (Lipinski definition) is 4. The van der Waals surface area contributed by atoms with E-state index in [2.05, 4.69) is 4.98 Å². The molecule has 1 aromatic heterocycles. The van der Waals surface area contributed by atoms with E-state index >= 15 is 0 Å². The van der Waals surface area contributed by atoms with Gasteiger partial charge in [-0.05, 0) is 6.54 Å². The Morgan fingerprint density at radius 2 is 2.56 bits per heavy atom. The van der Waals surface area contributed by atoms with Gasteiger partial charge in [-0.2, -0.15) is 0 Å². The SMILES string of the molecule is NCCc1nc(O)cs1. The zero-order valence-electron chi connectivity index (χ0n) is 4.87. The summed E-state index contributed by atoms with van der Waals surface area (Å²) in [6.45, 7) is 0.590. The smallest absolute Gasteiger partial charge is 0.222 e. The Morgan fingerprint density at radius 3 is 3.00 bits per heavy atom. The van der Waals surface area contributed by atoms with Crippen LogP contribution in [-0.4, -0.2) is 16.6 Å². The number of rotatable bonds is 2. The molecule has 0 bridgehead atoms. The van der Waals surface area contributed by atoms with Crippen molar-refractivity contribution in [3.8, 4) is 5.88 Å². The van der Waals surface area contributed by atoms with Crippen molar-refractivity contribution in [2.45, 2.75) is 6.42 Å². The zero-order chi connectivity index (χ0) is 6.69. The Morgan fingerprint density at radius 1 is 1.78 bits per heavy atom. The van der Waals surface area contributed by atoms with Crippen molar-refractivity contribution in [1.82, 2.24) is 4.98 Å². The van der Waals surface area contributed by atoms with Gasteiger partial charge in [0.1, 0.15) is 0 Å².